The molecule has 1 N–H and O–H groups in total. The highest BCUT2D eigenvalue weighted by atomic mass is 16.2. The highest BCUT2D eigenvalue weighted by molar-refractivity contribution is 6.01. The number of carbonyl (C=O) groups excluding carboxylic acids is 2. The molecule has 0 radical (unpaired) electrons. The third kappa shape index (κ3) is 5.71. The van der Waals surface area contributed by atoms with E-state index in [0.29, 0.717) is 11.6 Å². The molecule has 1 atom stereocenters. The van der Waals surface area contributed by atoms with Crippen LogP contribution in [-0.4, -0.2) is 54.3 Å². The minimum Gasteiger partial charge on any atom is -0.337 e. The first kappa shape index (κ1) is 19.2. The van der Waals surface area contributed by atoms with Gasteiger partial charge < -0.3 is 15.1 Å². The summed E-state index contributed by atoms with van der Waals surface area (Å²) in [5.41, 5.74) is 1.25. The monoisotopic (exact) mass is 343 g/mol. The molecule has 0 saturated carbocycles. The maximum absolute atomic E-state index is 12.9. The van der Waals surface area contributed by atoms with Crippen LogP contribution >= 0.6 is 0 Å². The standard InChI is InChI=1S/C20H29N3O2/c1-4-22(5-2)14-18-11-12-23(15-18)20(25)19(21-16(3)24)13-17-9-7-6-8-10-17/h6-10,13,18H,4-5,11-12,14-15H2,1-3H3,(H,21,24)/b19-13+. The van der Waals surface area contributed by atoms with E-state index in [0.717, 1.165) is 44.7 Å². The second-order valence-corrected chi connectivity index (χ2v) is 6.54. The van der Waals surface area contributed by atoms with Crippen LogP contribution in [0.4, 0.5) is 0 Å². The van der Waals surface area contributed by atoms with Crippen LogP contribution in [-0.2, 0) is 9.59 Å². The number of nitrogens with one attached hydrogen (secondary N) is 1. The van der Waals surface area contributed by atoms with E-state index in [4.69, 9.17) is 0 Å². The van der Waals surface area contributed by atoms with Crippen molar-refractivity contribution in [2.45, 2.75) is 27.2 Å². The molecule has 1 fully saturated rings. The average molecular weight is 343 g/mol. The van der Waals surface area contributed by atoms with Crippen molar-refractivity contribution in [1.29, 1.82) is 0 Å². The molecule has 2 amide bonds. The SMILES string of the molecule is CCN(CC)CC1CCN(C(=O)/C(=C\c2ccccc2)NC(C)=O)C1. The van der Waals surface area contributed by atoms with Crippen LogP contribution < -0.4 is 5.32 Å². The molecule has 1 aliphatic heterocycles. The molecular formula is C20H29N3O2. The summed E-state index contributed by atoms with van der Waals surface area (Å²) in [6, 6.07) is 9.59. The Kier molecular flexibility index (Phi) is 7.19. The van der Waals surface area contributed by atoms with Gasteiger partial charge in [0.1, 0.15) is 5.70 Å². The zero-order valence-corrected chi connectivity index (χ0v) is 15.5. The first-order chi connectivity index (χ1) is 12.0. The van der Waals surface area contributed by atoms with Gasteiger partial charge in [0.25, 0.3) is 5.91 Å². The highest BCUT2D eigenvalue weighted by Gasteiger charge is 2.29. The van der Waals surface area contributed by atoms with E-state index in [9.17, 15) is 9.59 Å². The van der Waals surface area contributed by atoms with E-state index >= 15 is 0 Å². The predicted molar refractivity (Wildman–Crippen MR) is 101 cm³/mol. The van der Waals surface area contributed by atoms with E-state index < -0.39 is 0 Å². The second-order valence-electron chi connectivity index (χ2n) is 6.54. The van der Waals surface area contributed by atoms with Gasteiger partial charge in [-0.15, -0.1) is 0 Å². The van der Waals surface area contributed by atoms with E-state index in [1.807, 2.05) is 35.2 Å². The zero-order valence-electron chi connectivity index (χ0n) is 15.5. The highest BCUT2D eigenvalue weighted by Crippen LogP contribution is 2.20. The van der Waals surface area contributed by atoms with Gasteiger partial charge in [0, 0.05) is 26.6 Å². The normalized spacial score (nSPS) is 17.8. The van der Waals surface area contributed by atoms with Gasteiger partial charge in [0.05, 0.1) is 0 Å². The number of likely N-dealkylation sites (tertiary alicyclic amines) is 1. The Bertz CT molecular complexity index is 609. The van der Waals surface area contributed by atoms with Crippen molar-refractivity contribution in [2.24, 2.45) is 5.92 Å². The van der Waals surface area contributed by atoms with Crippen LogP contribution in [0.25, 0.3) is 6.08 Å². The summed E-state index contributed by atoms with van der Waals surface area (Å²) in [6.07, 6.45) is 2.77. The summed E-state index contributed by atoms with van der Waals surface area (Å²) < 4.78 is 0. The molecule has 1 saturated heterocycles. The van der Waals surface area contributed by atoms with Gasteiger partial charge in [-0.3, -0.25) is 9.59 Å². The van der Waals surface area contributed by atoms with Crippen LogP contribution in [0.5, 0.6) is 0 Å². The van der Waals surface area contributed by atoms with Crippen molar-refractivity contribution in [3.05, 3.63) is 41.6 Å². The van der Waals surface area contributed by atoms with E-state index in [2.05, 4.69) is 24.1 Å². The van der Waals surface area contributed by atoms with Crippen molar-refractivity contribution in [3.63, 3.8) is 0 Å². The lowest BCUT2D eigenvalue weighted by atomic mass is 10.1. The van der Waals surface area contributed by atoms with Crippen LogP contribution in [0.3, 0.4) is 0 Å². The summed E-state index contributed by atoms with van der Waals surface area (Å²) in [5.74, 6) is 0.176. The Hall–Kier alpha value is -2.14. The Morgan fingerprint density at radius 2 is 1.92 bits per heavy atom. The van der Waals surface area contributed by atoms with Crippen molar-refractivity contribution >= 4 is 17.9 Å². The van der Waals surface area contributed by atoms with Gasteiger partial charge in [-0.25, -0.2) is 0 Å². The number of carbonyl (C=O) groups is 2. The minimum atomic E-state index is -0.227. The fraction of sp³-hybridized carbons (Fsp3) is 0.500. The molecule has 5 heteroatoms. The lowest BCUT2D eigenvalue weighted by Crippen LogP contribution is -2.37. The molecule has 1 aromatic rings. The maximum Gasteiger partial charge on any atom is 0.270 e. The van der Waals surface area contributed by atoms with Crippen LogP contribution in [0.1, 0.15) is 32.8 Å². The molecule has 0 aromatic heterocycles. The third-order valence-corrected chi connectivity index (χ3v) is 4.64. The lowest BCUT2D eigenvalue weighted by Gasteiger charge is -2.23. The molecule has 25 heavy (non-hydrogen) atoms. The average Bonchev–Trinajstić information content (AvgIpc) is 3.07. The number of hydrogen-bond donors (Lipinski definition) is 1. The second kappa shape index (κ2) is 9.37. The van der Waals surface area contributed by atoms with E-state index in [1.165, 1.54) is 6.92 Å². The van der Waals surface area contributed by atoms with Gasteiger partial charge in [-0.2, -0.15) is 0 Å². The Labute approximate surface area is 150 Å². The largest absolute Gasteiger partial charge is 0.337 e. The van der Waals surface area contributed by atoms with Gasteiger partial charge in [0.2, 0.25) is 5.91 Å². The summed E-state index contributed by atoms with van der Waals surface area (Å²) in [5, 5.41) is 2.70. The topological polar surface area (TPSA) is 52.6 Å². The Balaban J connectivity index is 2.07. The minimum absolute atomic E-state index is 0.0962. The van der Waals surface area contributed by atoms with E-state index in [-0.39, 0.29) is 11.8 Å². The van der Waals surface area contributed by atoms with Crippen LogP contribution in [0.15, 0.2) is 36.0 Å². The van der Waals surface area contributed by atoms with E-state index in [1.54, 1.807) is 6.08 Å². The summed E-state index contributed by atoms with van der Waals surface area (Å²) in [4.78, 5) is 28.7. The molecule has 2 rings (SSSR count). The molecule has 1 aromatic carbocycles. The molecule has 1 unspecified atom stereocenters. The van der Waals surface area contributed by atoms with Crippen LogP contribution in [0, 0.1) is 5.92 Å². The number of benzene rings is 1. The van der Waals surface area contributed by atoms with Gasteiger partial charge in [-0.1, -0.05) is 44.2 Å². The first-order valence-electron chi connectivity index (χ1n) is 9.09. The smallest absolute Gasteiger partial charge is 0.270 e. The van der Waals surface area contributed by atoms with Gasteiger partial charge in [0.15, 0.2) is 0 Å². The van der Waals surface area contributed by atoms with Gasteiger partial charge in [-0.05, 0) is 37.1 Å². The zero-order chi connectivity index (χ0) is 18.2. The lowest BCUT2D eigenvalue weighted by molar-refractivity contribution is -0.128. The molecule has 0 bridgehead atoms. The summed E-state index contributed by atoms with van der Waals surface area (Å²) >= 11 is 0. The number of nitrogens with zero attached hydrogens (tertiary/aromatic N) is 2. The fourth-order valence-electron chi connectivity index (χ4n) is 3.24. The number of hydrogen-bond acceptors (Lipinski definition) is 3. The quantitative estimate of drug-likeness (QED) is 0.773. The first-order valence-corrected chi connectivity index (χ1v) is 9.09. The fourth-order valence-corrected chi connectivity index (χ4v) is 3.24. The maximum atomic E-state index is 12.9. The number of rotatable bonds is 7. The molecule has 1 heterocycles. The predicted octanol–water partition coefficient (Wildman–Crippen LogP) is 2.35. The molecule has 1 aliphatic rings. The third-order valence-electron chi connectivity index (χ3n) is 4.64. The summed E-state index contributed by atoms with van der Waals surface area (Å²) in [7, 11) is 0. The molecule has 5 nitrogen and oxygen atoms in total. The summed E-state index contributed by atoms with van der Waals surface area (Å²) in [6.45, 7) is 10.3. The van der Waals surface area contributed by atoms with Crippen LogP contribution in [0.2, 0.25) is 0 Å². The van der Waals surface area contributed by atoms with Crippen molar-refractivity contribution in [2.75, 3.05) is 32.7 Å². The molecule has 0 aliphatic carbocycles. The number of amides is 2. The molecular weight excluding hydrogens is 314 g/mol. The molecule has 0 spiro atoms. The Morgan fingerprint density at radius 1 is 1.24 bits per heavy atom. The van der Waals surface area contributed by atoms with Crippen molar-refractivity contribution < 1.29 is 9.59 Å². The Morgan fingerprint density at radius 3 is 2.52 bits per heavy atom. The van der Waals surface area contributed by atoms with Crippen molar-refractivity contribution in [1.82, 2.24) is 15.1 Å². The molecule has 136 valence electrons. The van der Waals surface area contributed by atoms with Gasteiger partial charge >= 0.3 is 0 Å². The van der Waals surface area contributed by atoms with Crippen molar-refractivity contribution in [3.8, 4) is 0 Å².